The number of halogens is 1. The summed E-state index contributed by atoms with van der Waals surface area (Å²) in [5, 5.41) is 4.07. The second-order valence-electron chi connectivity index (χ2n) is 10.8. The van der Waals surface area contributed by atoms with Gasteiger partial charge in [-0.25, -0.2) is 4.39 Å². The van der Waals surface area contributed by atoms with Gasteiger partial charge < -0.3 is 19.7 Å². The van der Waals surface area contributed by atoms with E-state index in [9.17, 15) is 18.8 Å². The minimum atomic E-state index is -0.554. The molecule has 214 valence electrons. The van der Waals surface area contributed by atoms with E-state index in [-0.39, 0.29) is 35.6 Å². The van der Waals surface area contributed by atoms with E-state index in [0.29, 0.717) is 38.0 Å². The molecule has 0 spiro atoms. The molecule has 2 aliphatic rings. The highest BCUT2D eigenvalue weighted by atomic mass is 19.1. The quantitative estimate of drug-likeness (QED) is 0.279. The number of carbonyl (C=O) groups excluding carboxylic acids is 3. The topological polar surface area (TPSA) is 87.5 Å². The Balaban J connectivity index is 1.48. The first-order chi connectivity index (χ1) is 19.2. The van der Waals surface area contributed by atoms with Crippen LogP contribution in [0.1, 0.15) is 62.5 Å². The van der Waals surface area contributed by atoms with Gasteiger partial charge in [-0.15, -0.1) is 0 Å². The number of hydrogen-bond donors (Lipinski definition) is 1. The van der Waals surface area contributed by atoms with E-state index in [1.165, 1.54) is 12.2 Å². The largest absolute Gasteiger partial charge is 0.341 e. The molecule has 2 aliphatic heterocycles. The third-order valence-corrected chi connectivity index (χ3v) is 7.96. The monoisotopic (exact) mass is 549 g/mol. The van der Waals surface area contributed by atoms with Crippen molar-refractivity contribution in [2.24, 2.45) is 5.92 Å². The average Bonchev–Trinajstić information content (AvgIpc) is 3.58. The lowest BCUT2D eigenvalue weighted by Gasteiger charge is -2.33. The molecule has 40 heavy (non-hydrogen) atoms. The van der Waals surface area contributed by atoms with Crippen LogP contribution in [0.25, 0.3) is 17.1 Å². The number of likely N-dealkylation sites (tertiary alicyclic amines) is 1. The van der Waals surface area contributed by atoms with Crippen molar-refractivity contribution in [2.45, 2.75) is 65.5 Å². The molecule has 8 nitrogen and oxygen atoms in total. The predicted octanol–water partition coefficient (Wildman–Crippen LogP) is 4.66. The van der Waals surface area contributed by atoms with Crippen LogP contribution in [0, 0.1) is 12.8 Å². The Bertz CT molecular complexity index is 1330. The zero-order valence-electron chi connectivity index (χ0n) is 23.9. The number of ketones is 1. The van der Waals surface area contributed by atoms with Gasteiger partial charge in [0.1, 0.15) is 5.83 Å². The summed E-state index contributed by atoms with van der Waals surface area (Å²) in [4.78, 5) is 46.6. The molecule has 1 unspecified atom stereocenters. The third-order valence-electron chi connectivity index (χ3n) is 7.96. The van der Waals surface area contributed by atoms with E-state index in [0.717, 1.165) is 42.1 Å². The fourth-order valence-corrected chi connectivity index (χ4v) is 5.77. The molecule has 1 N–H and O–H groups in total. The fourth-order valence-electron chi connectivity index (χ4n) is 5.77. The number of Topliss-reactive ketones (excluding diaryl/α,β-unsaturated/α-hetero) is 1. The SMILES string of the molecule is CCN(C(=O)/C=C/C(F)=C\C=C\n1c(C)c(C(=O)C2CCN(C(=O)C3CCCN3)CC2)c2ccncc21)C(C)C. The highest BCUT2D eigenvalue weighted by Gasteiger charge is 2.33. The standard InChI is InChI=1S/C31H40FN5O3/c1-5-36(21(2)3)28(38)11-10-24(32)8-7-17-37-22(4)29(25-12-16-33-20-27(25)37)30(39)23-13-18-35(19-14-23)31(40)26-9-6-15-34-26/h7-8,10-12,16-17,20-21,23,26,34H,5-6,9,13-15,18-19H2,1-4H3/b11-10+,17-7+,24-8+. The van der Waals surface area contributed by atoms with Crippen LogP contribution in [0.2, 0.25) is 0 Å². The lowest BCUT2D eigenvalue weighted by atomic mass is 9.87. The van der Waals surface area contributed by atoms with Crippen LogP contribution < -0.4 is 5.32 Å². The predicted molar refractivity (Wildman–Crippen MR) is 155 cm³/mol. The highest BCUT2D eigenvalue weighted by molar-refractivity contribution is 6.11. The number of nitrogens with one attached hydrogen (secondary N) is 1. The van der Waals surface area contributed by atoms with Crippen molar-refractivity contribution in [3.63, 3.8) is 0 Å². The molecule has 2 aromatic rings. The molecule has 0 bridgehead atoms. The number of rotatable bonds is 9. The van der Waals surface area contributed by atoms with Gasteiger partial charge in [0, 0.05) is 66.7 Å². The molecule has 2 fully saturated rings. The molecule has 9 heteroatoms. The van der Waals surface area contributed by atoms with Crippen molar-refractivity contribution in [2.75, 3.05) is 26.2 Å². The van der Waals surface area contributed by atoms with Crippen LogP contribution in [-0.2, 0) is 9.59 Å². The van der Waals surface area contributed by atoms with Crippen LogP contribution in [0.4, 0.5) is 4.39 Å². The Labute approximate surface area is 235 Å². The van der Waals surface area contributed by atoms with E-state index in [1.54, 1.807) is 29.6 Å². The summed E-state index contributed by atoms with van der Waals surface area (Å²) in [5.74, 6) is -0.738. The first-order valence-electron chi connectivity index (χ1n) is 14.3. The molecule has 2 amide bonds. The third kappa shape index (κ3) is 6.41. The number of nitrogens with zero attached hydrogens (tertiary/aromatic N) is 4. The van der Waals surface area contributed by atoms with Crippen LogP contribution >= 0.6 is 0 Å². The van der Waals surface area contributed by atoms with Gasteiger partial charge in [0.25, 0.3) is 0 Å². The summed E-state index contributed by atoms with van der Waals surface area (Å²) < 4.78 is 16.3. The van der Waals surface area contributed by atoms with Gasteiger partial charge in [0.2, 0.25) is 11.8 Å². The summed E-state index contributed by atoms with van der Waals surface area (Å²) >= 11 is 0. The number of likely N-dealkylation sites (N-methyl/N-ethyl adjacent to an activating group) is 1. The second-order valence-corrected chi connectivity index (χ2v) is 10.8. The zero-order chi connectivity index (χ0) is 28.8. The smallest absolute Gasteiger partial charge is 0.246 e. The first-order valence-corrected chi connectivity index (χ1v) is 14.3. The van der Waals surface area contributed by atoms with Gasteiger partial charge in [-0.05, 0) is 84.2 Å². The number of pyridine rings is 1. The van der Waals surface area contributed by atoms with Crippen molar-refractivity contribution in [1.82, 2.24) is 24.7 Å². The number of piperidine rings is 1. The van der Waals surface area contributed by atoms with Crippen LogP contribution in [0.3, 0.4) is 0 Å². The Hall–Kier alpha value is -3.59. The van der Waals surface area contributed by atoms with Crippen molar-refractivity contribution >= 4 is 34.7 Å². The minimum absolute atomic E-state index is 0.0360. The second kappa shape index (κ2) is 13.2. The van der Waals surface area contributed by atoms with Gasteiger partial charge >= 0.3 is 0 Å². The van der Waals surface area contributed by atoms with Crippen molar-refractivity contribution < 1.29 is 18.8 Å². The van der Waals surface area contributed by atoms with Gasteiger partial charge in [-0.2, -0.15) is 0 Å². The summed E-state index contributed by atoms with van der Waals surface area (Å²) in [6.07, 6.45) is 13.5. The Morgan fingerprint density at radius 2 is 1.95 bits per heavy atom. The average molecular weight is 550 g/mol. The maximum atomic E-state index is 14.5. The Kier molecular flexibility index (Phi) is 9.68. The molecule has 1 atom stereocenters. The van der Waals surface area contributed by atoms with Crippen LogP contribution in [0.5, 0.6) is 0 Å². The van der Waals surface area contributed by atoms with Crippen molar-refractivity contribution in [1.29, 1.82) is 0 Å². The van der Waals surface area contributed by atoms with E-state index >= 15 is 0 Å². The maximum absolute atomic E-state index is 14.5. The van der Waals surface area contributed by atoms with Crippen LogP contribution in [-0.4, -0.2) is 75.2 Å². The Morgan fingerprint density at radius 3 is 2.60 bits per heavy atom. The summed E-state index contributed by atoms with van der Waals surface area (Å²) in [6, 6.07) is 1.78. The first kappa shape index (κ1) is 29.4. The number of carbonyl (C=O) groups is 3. The number of amides is 2. The molecule has 0 aromatic carbocycles. The number of hydrogen-bond acceptors (Lipinski definition) is 5. The van der Waals surface area contributed by atoms with Gasteiger partial charge in [-0.1, -0.05) is 0 Å². The molecule has 0 aliphatic carbocycles. The lowest BCUT2D eigenvalue weighted by Crippen LogP contribution is -2.47. The molecule has 2 aromatic heterocycles. The molecular formula is C31H40FN5O3. The number of aromatic nitrogens is 2. The Morgan fingerprint density at radius 1 is 1.20 bits per heavy atom. The zero-order valence-corrected chi connectivity index (χ0v) is 23.9. The van der Waals surface area contributed by atoms with Crippen molar-refractivity contribution in [3.8, 4) is 0 Å². The molecule has 0 radical (unpaired) electrons. The number of fused-ring (bicyclic) bond motifs is 1. The fraction of sp³-hybridized carbons (Fsp3) is 0.484. The molecule has 2 saturated heterocycles. The molecule has 4 rings (SSSR count). The summed E-state index contributed by atoms with van der Waals surface area (Å²) in [7, 11) is 0. The molecule has 0 saturated carbocycles. The van der Waals surface area contributed by atoms with Gasteiger partial charge in [0.05, 0.1) is 17.8 Å². The highest BCUT2D eigenvalue weighted by Crippen LogP contribution is 2.31. The lowest BCUT2D eigenvalue weighted by molar-refractivity contribution is -0.134. The minimum Gasteiger partial charge on any atom is -0.341 e. The van der Waals surface area contributed by atoms with E-state index in [1.807, 2.05) is 43.2 Å². The van der Waals surface area contributed by atoms with Crippen LogP contribution in [0.15, 0.2) is 48.6 Å². The maximum Gasteiger partial charge on any atom is 0.246 e. The molecular weight excluding hydrogens is 509 g/mol. The van der Waals surface area contributed by atoms with E-state index < -0.39 is 5.83 Å². The van der Waals surface area contributed by atoms with E-state index in [4.69, 9.17) is 0 Å². The van der Waals surface area contributed by atoms with E-state index in [2.05, 4.69) is 10.3 Å². The summed E-state index contributed by atoms with van der Waals surface area (Å²) in [5.41, 5.74) is 2.16. The van der Waals surface area contributed by atoms with Gasteiger partial charge in [0.15, 0.2) is 5.78 Å². The van der Waals surface area contributed by atoms with Gasteiger partial charge in [-0.3, -0.25) is 19.4 Å². The normalized spacial score (nSPS) is 19.0. The number of allylic oxidation sites excluding steroid dienone is 4. The summed E-state index contributed by atoms with van der Waals surface area (Å²) in [6.45, 7) is 10.2. The van der Waals surface area contributed by atoms with Crippen molar-refractivity contribution in [3.05, 3.63) is 59.8 Å². The molecule has 4 heterocycles.